The second kappa shape index (κ2) is 6.65. The Bertz CT molecular complexity index is 572. The molecule has 0 saturated carbocycles. The number of hydrogen-bond acceptors (Lipinski definition) is 6. The van der Waals surface area contributed by atoms with Crippen molar-refractivity contribution in [1.29, 1.82) is 0 Å². The number of carbonyl (C=O) groups excluding carboxylic acids is 1. The van der Waals surface area contributed by atoms with Crippen LogP contribution in [0.4, 0.5) is 11.4 Å². The van der Waals surface area contributed by atoms with Crippen LogP contribution in [-0.4, -0.2) is 44.6 Å². The lowest BCUT2D eigenvalue weighted by atomic mass is 10.1. The molecule has 0 aliphatic carbocycles. The van der Waals surface area contributed by atoms with E-state index in [0.29, 0.717) is 30.2 Å². The number of anilines is 2. The quantitative estimate of drug-likeness (QED) is 0.372. The first-order chi connectivity index (χ1) is 10.2. The Labute approximate surface area is 123 Å². The number of fused-ring (bicyclic) bond motifs is 1. The molecule has 2 rings (SSSR count). The Morgan fingerprint density at radius 2 is 2.43 bits per heavy atom. The molecular weight excluding hydrogens is 272 g/mol. The van der Waals surface area contributed by atoms with Gasteiger partial charge in [0.25, 0.3) is 0 Å². The second-order valence-electron chi connectivity index (χ2n) is 4.33. The van der Waals surface area contributed by atoms with E-state index in [9.17, 15) is 4.79 Å². The zero-order valence-electron chi connectivity index (χ0n) is 12.0. The third-order valence-electron chi connectivity index (χ3n) is 2.83. The number of ether oxygens (including phenoxy) is 2. The molecule has 0 unspecified atom stereocenters. The summed E-state index contributed by atoms with van der Waals surface area (Å²) in [7, 11) is 3.13. The number of nitrogens with zero attached hydrogens (tertiary/aromatic N) is 2. The number of benzene rings is 1. The van der Waals surface area contributed by atoms with Crippen molar-refractivity contribution in [3.05, 3.63) is 30.5 Å². The van der Waals surface area contributed by atoms with Crippen molar-refractivity contribution in [2.75, 3.05) is 38.1 Å². The molecule has 21 heavy (non-hydrogen) atoms. The molecule has 0 atom stereocenters. The summed E-state index contributed by atoms with van der Waals surface area (Å²) in [6.45, 7) is 4.76. The summed E-state index contributed by atoms with van der Waals surface area (Å²) in [6.07, 6.45) is 2.99. The van der Waals surface area contributed by atoms with Crippen molar-refractivity contribution in [1.82, 2.24) is 5.01 Å². The number of nitrogens with one attached hydrogen (secondary N) is 2. The fourth-order valence-corrected chi connectivity index (χ4v) is 1.94. The van der Waals surface area contributed by atoms with Gasteiger partial charge < -0.3 is 14.8 Å². The third kappa shape index (κ3) is 3.44. The fourth-order valence-electron chi connectivity index (χ4n) is 1.94. The first-order valence-electron chi connectivity index (χ1n) is 6.42. The minimum absolute atomic E-state index is 0.413. The van der Waals surface area contributed by atoms with E-state index in [2.05, 4.69) is 22.3 Å². The molecule has 2 N–H and O–H groups in total. The molecule has 7 nitrogen and oxygen atoms in total. The van der Waals surface area contributed by atoms with Crippen molar-refractivity contribution in [2.24, 2.45) is 4.99 Å². The van der Waals surface area contributed by atoms with Gasteiger partial charge in [-0.05, 0) is 12.1 Å². The van der Waals surface area contributed by atoms with E-state index >= 15 is 0 Å². The van der Waals surface area contributed by atoms with Crippen molar-refractivity contribution < 1.29 is 14.3 Å². The largest absolute Gasteiger partial charge is 0.489 e. The van der Waals surface area contributed by atoms with Crippen LogP contribution in [-0.2, 0) is 4.74 Å². The van der Waals surface area contributed by atoms with Crippen molar-refractivity contribution in [2.45, 2.75) is 0 Å². The van der Waals surface area contributed by atoms with Crippen LogP contribution in [0.1, 0.15) is 10.4 Å². The van der Waals surface area contributed by atoms with Gasteiger partial charge in [-0.25, -0.2) is 9.79 Å². The molecule has 0 radical (unpaired) electrons. The monoisotopic (exact) mass is 290 g/mol. The summed E-state index contributed by atoms with van der Waals surface area (Å²) >= 11 is 0. The van der Waals surface area contributed by atoms with Crippen molar-refractivity contribution >= 4 is 23.7 Å². The lowest BCUT2D eigenvalue weighted by Crippen LogP contribution is -2.26. The number of rotatable bonds is 5. The molecule has 0 spiro atoms. The number of hydrogen-bond donors (Lipinski definition) is 2. The predicted octanol–water partition coefficient (Wildman–Crippen LogP) is 1.71. The van der Waals surface area contributed by atoms with Crippen LogP contribution in [0.5, 0.6) is 5.75 Å². The highest BCUT2D eigenvalue weighted by Gasteiger charge is 2.19. The standard InChI is InChI=1S/C14H18N4O3/c1-4-15-9-18(2)17-11-7-10(14(19)20-3)8-12-13(11)16-5-6-21-12/h4,7-9,16-17H,1,5-6H2,2-3H3. The van der Waals surface area contributed by atoms with E-state index in [0.717, 1.165) is 5.69 Å². The Kier molecular flexibility index (Phi) is 4.65. The molecule has 0 aromatic heterocycles. The first kappa shape index (κ1) is 14.7. The highest BCUT2D eigenvalue weighted by Crippen LogP contribution is 2.36. The van der Waals surface area contributed by atoms with Gasteiger partial charge in [0.1, 0.15) is 24.4 Å². The predicted molar refractivity (Wildman–Crippen MR) is 81.8 cm³/mol. The number of carbonyl (C=O) groups is 1. The summed E-state index contributed by atoms with van der Waals surface area (Å²) in [6, 6.07) is 3.36. The molecule has 1 aromatic carbocycles. The smallest absolute Gasteiger partial charge is 0.338 e. The van der Waals surface area contributed by atoms with Gasteiger partial charge in [0.15, 0.2) is 0 Å². The fraction of sp³-hybridized carbons (Fsp3) is 0.286. The van der Waals surface area contributed by atoms with E-state index in [1.807, 2.05) is 0 Å². The van der Waals surface area contributed by atoms with E-state index in [-0.39, 0.29) is 0 Å². The van der Waals surface area contributed by atoms with Gasteiger partial charge in [-0.1, -0.05) is 6.58 Å². The van der Waals surface area contributed by atoms with Gasteiger partial charge >= 0.3 is 5.97 Å². The van der Waals surface area contributed by atoms with E-state index in [1.54, 1.807) is 30.5 Å². The van der Waals surface area contributed by atoms with Gasteiger partial charge in [-0.3, -0.25) is 10.4 Å². The molecule has 0 saturated heterocycles. The van der Waals surface area contributed by atoms with Crippen molar-refractivity contribution in [3.8, 4) is 5.75 Å². The van der Waals surface area contributed by atoms with Gasteiger partial charge in [0, 0.05) is 19.8 Å². The van der Waals surface area contributed by atoms with Gasteiger partial charge in [-0.2, -0.15) is 0 Å². The highest BCUT2D eigenvalue weighted by molar-refractivity contribution is 5.94. The van der Waals surface area contributed by atoms with Crippen LogP contribution in [0, 0.1) is 0 Å². The Morgan fingerprint density at radius 3 is 3.14 bits per heavy atom. The summed E-state index contributed by atoms with van der Waals surface area (Å²) < 4.78 is 10.3. The van der Waals surface area contributed by atoms with E-state index in [4.69, 9.17) is 9.47 Å². The maximum absolute atomic E-state index is 11.7. The molecule has 0 bridgehead atoms. The minimum atomic E-state index is -0.419. The molecule has 7 heteroatoms. The average molecular weight is 290 g/mol. The van der Waals surface area contributed by atoms with Gasteiger partial charge in [-0.15, -0.1) is 0 Å². The number of aliphatic imine (C=N–C) groups is 1. The molecular formula is C14H18N4O3. The average Bonchev–Trinajstić information content (AvgIpc) is 2.52. The summed E-state index contributed by atoms with van der Waals surface area (Å²) in [5.41, 5.74) is 5.02. The zero-order chi connectivity index (χ0) is 15.2. The van der Waals surface area contributed by atoms with Crippen LogP contribution >= 0.6 is 0 Å². The van der Waals surface area contributed by atoms with Gasteiger partial charge in [0.05, 0.1) is 18.4 Å². The normalized spacial score (nSPS) is 12.9. The lowest BCUT2D eigenvalue weighted by molar-refractivity contribution is 0.0600. The van der Waals surface area contributed by atoms with Crippen LogP contribution in [0.25, 0.3) is 0 Å². The second-order valence-corrected chi connectivity index (χ2v) is 4.33. The van der Waals surface area contributed by atoms with E-state index < -0.39 is 5.97 Å². The maximum atomic E-state index is 11.7. The van der Waals surface area contributed by atoms with Crippen molar-refractivity contribution in [3.63, 3.8) is 0 Å². The third-order valence-corrected chi connectivity index (χ3v) is 2.83. The van der Waals surface area contributed by atoms with E-state index in [1.165, 1.54) is 13.3 Å². The molecule has 1 aliphatic rings. The Balaban J connectivity index is 2.35. The summed E-state index contributed by atoms with van der Waals surface area (Å²) in [5, 5.41) is 4.89. The maximum Gasteiger partial charge on any atom is 0.338 e. The van der Waals surface area contributed by atoms with Gasteiger partial charge in [0.2, 0.25) is 0 Å². The van der Waals surface area contributed by atoms with Crippen LogP contribution in [0.15, 0.2) is 29.9 Å². The first-order valence-corrected chi connectivity index (χ1v) is 6.42. The highest BCUT2D eigenvalue weighted by atomic mass is 16.5. The molecule has 0 fully saturated rings. The molecule has 1 heterocycles. The van der Waals surface area contributed by atoms with Crippen LogP contribution < -0.4 is 15.5 Å². The number of hydrazine groups is 1. The summed E-state index contributed by atoms with van der Waals surface area (Å²) in [4.78, 5) is 15.6. The molecule has 0 amide bonds. The topological polar surface area (TPSA) is 75.2 Å². The summed E-state index contributed by atoms with van der Waals surface area (Å²) in [5.74, 6) is 0.193. The molecule has 1 aliphatic heterocycles. The molecule has 112 valence electrons. The minimum Gasteiger partial charge on any atom is -0.489 e. The number of esters is 1. The lowest BCUT2D eigenvalue weighted by Gasteiger charge is -2.25. The zero-order valence-corrected chi connectivity index (χ0v) is 12.0. The Morgan fingerprint density at radius 1 is 1.62 bits per heavy atom. The number of methoxy groups -OCH3 is 1. The van der Waals surface area contributed by atoms with Crippen LogP contribution in [0.2, 0.25) is 0 Å². The Hall–Kier alpha value is -2.70. The SMILES string of the molecule is C=CN=CN(C)Nc1cc(C(=O)OC)cc2c1NCCO2. The van der Waals surface area contributed by atoms with Crippen LogP contribution in [0.3, 0.4) is 0 Å². The molecule has 1 aromatic rings.